The summed E-state index contributed by atoms with van der Waals surface area (Å²) in [4.78, 5) is 4.29. The standard InChI is InChI=1S/C15H16N4O2/c1-7(2)12-11-5-9(6-16-14(11)21-19-12)13-17-18-15(20-13)10-4-8(10)3/h5-8,10H,4H2,1-3H3/t8-,10+/m0/s1. The number of nitrogens with zero attached hydrogens (tertiary/aromatic N) is 4. The Hall–Kier alpha value is -2.24. The van der Waals surface area contributed by atoms with Gasteiger partial charge in [0.25, 0.3) is 5.71 Å². The third kappa shape index (κ3) is 2.02. The van der Waals surface area contributed by atoms with Gasteiger partial charge in [0.05, 0.1) is 16.6 Å². The molecule has 0 aliphatic heterocycles. The molecule has 0 N–H and O–H groups in total. The predicted molar refractivity (Wildman–Crippen MR) is 75.7 cm³/mol. The first-order valence-electron chi connectivity index (χ1n) is 7.22. The number of aromatic nitrogens is 4. The Labute approximate surface area is 121 Å². The van der Waals surface area contributed by atoms with Gasteiger partial charge in [0, 0.05) is 12.1 Å². The van der Waals surface area contributed by atoms with Gasteiger partial charge in [-0.3, -0.25) is 0 Å². The van der Waals surface area contributed by atoms with Crippen LogP contribution in [0, 0.1) is 5.92 Å². The van der Waals surface area contributed by atoms with Gasteiger partial charge in [-0.05, 0) is 24.3 Å². The Morgan fingerprint density at radius 3 is 2.81 bits per heavy atom. The smallest absolute Gasteiger partial charge is 0.257 e. The molecule has 4 rings (SSSR count). The normalized spacial score (nSPS) is 21.3. The molecule has 2 atom stereocenters. The molecule has 0 aromatic carbocycles. The molecule has 1 aliphatic rings. The second kappa shape index (κ2) is 4.38. The van der Waals surface area contributed by atoms with Crippen LogP contribution in [0.4, 0.5) is 0 Å². The molecule has 0 unspecified atom stereocenters. The van der Waals surface area contributed by atoms with Crippen LogP contribution < -0.4 is 0 Å². The minimum absolute atomic E-state index is 0.272. The van der Waals surface area contributed by atoms with E-state index in [0.29, 0.717) is 23.4 Å². The minimum Gasteiger partial charge on any atom is -0.420 e. The summed E-state index contributed by atoms with van der Waals surface area (Å²) < 4.78 is 11.0. The van der Waals surface area contributed by atoms with E-state index in [-0.39, 0.29) is 5.92 Å². The van der Waals surface area contributed by atoms with Crippen molar-refractivity contribution in [1.29, 1.82) is 0 Å². The molecular formula is C15H16N4O2. The van der Waals surface area contributed by atoms with Crippen molar-refractivity contribution in [1.82, 2.24) is 20.3 Å². The summed E-state index contributed by atoms with van der Waals surface area (Å²) in [6.45, 7) is 6.33. The molecule has 1 saturated carbocycles. The first kappa shape index (κ1) is 12.5. The van der Waals surface area contributed by atoms with Gasteiger partial charge in [-0.1, -0.05) is 25.9 Å². The molecular weight excluding hydrogens is 268 g/mol. The van der Waals surface area contributed by atoms with E-state index in [2.05, 4.69) is 41.1 Å². The van der Waals surface area contributed by atoms with E-state index >= 15 is 0 Å². The van der Waals surface area contributed by atoms with Crippen LogP contribution in [-0.2, 0) is 0 Å². The van der Waals surface area contributed by atoms with Crippen LogP contribution in [0.2, 0.25) is 0 Å². The van der Waals surface area contributed by atoms with Crippen molar-refractivity contribution < 1.29 is 8.94 Å². The molecule has 3 aromatic rings. The molecule has 21 heavy (non-hydrogen) atoms. The first-order valence-corrected chi connectivity index (χ1v) is 7.22. The summed E-state index contributed by atoms with van der Waals surface area (Å²) in [5, 5.41) is 13.3. The van der Waals surface area contributed by atoms with E-state index < -0.39 is 0 Å². The third-order valence-electron chi connectivity index (χ3n) is 4.02. The van der Waals surface area contributed by atoms with E-state index in [1.807, 2.05) is 6.07 Å². The molecule has 6 heteroatoms. The molecule has 0 amide bonds. The van der Waals surface area contributed by atoms with Gasteiger partial charge >= 0.3 is 0 Å². The molecule has 108 valence electrons. The minimum atomic E-state index is 0.272. The molecule has 0 radical (unpaired) electrons. The maximum absolute atomic E-state index is 5.78. The monoisotopic (exact) mass is 284 g/mol. The van der Waals surface area contributed by atoms with Crippen molar-refractivity contribution in [2.45, 2.75) is 39.0 Å². The molecule has 6 nitrogen and oxygen atoms in total. The second-order valence-electron chi connectivity index (χ2n) is 6.06. The van der Waals surface area contributed by atoms with Crippen molar-refractivity contribution in [2.24, 2.45) is 5.92 Å². The van der Waals surface area contributed by atoms with E-state index in [1.54, 1.807) is 6.20 Å². The maximum atomic E-state index is 5.78. The SMILES string of the molecule is CC(C)c1noc2ncc(-c3nnc([C@@H]4C[C@@H]4C)o3)cc12. The summed E-state index contributed by atoms with van der Waals surface area (Å²) in [6, 6.07) is 1.96. The van der Waals surface area contributed by atoms with Gasteiger partial charge in [0.1, 0.15) is 0 Å². The van der Waals surface area contributed by atoms with Gasteiger partial charge < -0.3 is 8.94 Å². The van der Waals surface area contributed by atoms with Crippen LogP contribution in [0.25, 0.3) is 22.6 Å². The fourth-order valence-corrected chi connectivity index (χ4v) is 2.55. The average molecular weight is 284 g/mol. The highest BCUT2D eigenvalue weighted by atomic mass is 16.5. The van der Waals surface area contributed by atoms with Gasteiger partial charge in [0.2, 0.25) is 11.8 Å². The molecule has 0 saturated heterocycles. The predicted octanol–water partition coefficient (Wildman–Crippen LogP) is 3.52. The lowest BCUT2D eigenvalue weighted by molar-refractivity contribution is 0.434. The lowest BCUT2D eigenvalue weighted by Crippen LogP contribution is -1.88. The summed E-state index contributed by atoms with van der Waals surface area (Å²) >= 11 is 0. The van der Waals surface area contributed by atoms with Gasteiger partial charge in [0.15, 0.2) is 0 Å². The summed E-state index contributed by atoms with van der Waals surface area (Å²) in [7, 11) is 0. The zero-order valence-corrected chi connectivity index (χ0v) is 12.2. The Balaban J connectivity index is 1.75. The maximum Gasteiger partial charge on any atom is 0.257 e. The van der Waals surface area contributed by atoms with Crippen LogP contribution in [-0.4, -0.2) is 20.3 Å². The van der Waals surface area contributed by atoms with E-state index in [1.165, 1.54) is 0 Å². The van der Waals surface area contributed by atoms with Crippen LogP contribution in [0.15, 0.2) is 21.2 Å². The second-order valence-corrected chi connectivity index (χ2v) is 6.06. The van der Waals surface area contributed by atoms with Crippen molar-refractivity contribution in [2.75, 3.05) is 0 Å². The molecule has 0 spiro atoms. The van der Waals surface area contributed by atoms with Crippen LogP contribution in [0.3, 0.4) is 0 Å². The lowest BCUT2D eigenvalue weighted by Gasteiger charge is -1.99. The molecule has 1 aliphatic carbocycles. The summed E-state index contributed by atoms with van der Waals surface area (Å²) in [5.74, 6) is 2.57. The Kier molecular flexibility index (Phi) is 2.60. The number of hydrogen-bond donors (Lipinski definition) is 0. The number of pyridine rings is 1. The Bertz CT molecular complexity index is 805. The van der Waals surface area contributed by atoms with Gasteiger partial charge in [-0.2, -0.15) is 0 Å². The fraction of sp³-hybridized carbons (Fsp3) is 0.467. The molecule has 3 heterocycles. The van der Waals surface area contributed by atoms with Crippen molar-refractivity contribution in [3.8, 4) is 11.5 Å². The number of rotatable bonds is 3. The highest BCUT2D eigenvalue weighted by Gasteiger charge is 2.38. The highest BCUT2D eigenvalue weighted by Crippen LogP contribution is 2.46. The fourth-order valence-electron chi connectivity index (χ4n) is 2.55. The quantitative estimate of drug-likeness (QED) is 0.732. The first-order chi connectivity index (χ1) is 10.1. The molecule has 0 bridgehead atoms. The summed E-state index contributed by atoms with van der Waals surface area (Å²) in [6.07, 6.45) is 2.81. The van der Waals surface area contributed by atoms with Crippen LogP contribution in [0.1, 0.15) is 50.6 Å². The van der Waals surface area contributed by atoms with Gasteiger partial charge in [-0.15, -0.1) is 10.2 Å². The zero-order valence-electron chi connectivity index (χ0n) is 12.2. The Morgan fingerprint density at radius 2 is 2.10 bits per heavy atom. The van der Waals surface area contributed by atoms with Crippen LogP contribution in [0.5, 0.6) is 0 Å². The zero-order chi connectivity index (χ0) is 14.6. The van der Waals surface area contributed by atoms with Crippen molar-refractivity contribution >= 4 is 11.1 Å². The van der Waals surface area contributed by atoms with Crippen molar-refractivity contribution in [3.63, 3.8) is 0 Å². The lowest BCUT2D eigenvalue weighted by atomic mass is 10.1. The highest BCUT2D eigenvalue weighted by molar-refractivity contribution is 5.80. The summed E-state index contributed by atoms with van der Waals surface area (Å²) in [5.41, 5.74) is 2.24. The molecule has 3 aromatic heterocycles. The molecule has 1 fully saturated rings. The van der Waals surface area contributed by atoms with E-state index in [4.69, 9.17) is 8.94 Å². The third-order valence-corrected chi connectivity index (χ3v) is 4.02. The van der Waals surface area contributed by atoms with E-state index in [9.17, 15) is 0 Å². The Morgan fingerprint density at radius 1 is 1.29 bits per heavy atom. The van der Waals surface area contributed by atoms with Gasteiger partial charge in [-0.25, -0.2) is 4.98 Å². The number of fused-ring (bicyclic) bond motifs is 1. The average Bonchev–Trinajstić information content (AvgIpc) is 2.94. The van der Waals surface area contributed by atoms with Crippen LogP contribution >= 0.6 is 0 Å². The van der Waals surface area contributed by atoms with E-state index in [0.717, 1.165) is 29.0 Å². The van der Waals surface area contributed by atoms with Crippen molar-refractivity contribution in [3.05, 3.63) is 23.8 Å². The largest absolute Gasteiger partial charge is 0.420 e. The topological polar surface area (TPSA) is 77.8 Å². The number of hydrogen-bond acceptors (Lipinski definition) is 6.